The summed E-state index contributed by atoms with van der Waals surface area (Å²) in [6.07, 6.45) is 0. The van der Waals surface area contributed by atoms with Gasteiger partial charge in [0.25, 0.3) is 0 Å². The van der Waals surface area contributed by atoms with Crippen LogP contribution < -0.4 is 5.32 Å². The fraction of sp³-hybridized carbons (Fsp3) is 0.250. The van der Waals surface area contributed by atoms with E-state index in [9.17, 15) is 0 Å². The molecule has 2 aromatic rings. The van der Waals surface area contributed by atoms with Gasteiger partial charge in [0.2, 0.25) is 0 Å². The summed E-state index contributed by atoms with van der Waals surface area (Å²) in [5.41, 5.74) is 21.1. The van der Waals surface area contributed by atoms with Gasteiger partial charge in [0, 0.05) is 21.0 Å². The van der Waals surface area contributed by atoms with E-state index in [1.165, 1.54) is 11.1 Å². The van der Waals surface area contributed by atoms with E-state index < -0.39 is 0 Å². The van der Waals surface area contributed by atoms with Crippen LogP contribution in [0, 0.1) is 0 Å². The van der Waals surface area contributed by atoms with Crippen molar-refractivity contribution in [2.75, 3.05) is 0 Å². The number of hydrogen-bond acceptors (Lipinski definition) is 2. The van der Waals surface area contributed by atoms with Crippen molar-refractivity contribution >= 4 is 0 Å². The molecule has 0 unspecified atom stereocenters. The molecule has 7 heteroatoms. The highest BCUT2D eigenvalue weighted by atomic mass is 15.1. The first-order chi connectivity index (χ1) is 11.3. The zero-order chi connectivity index (χ0) is 16.3. The second-order valence-electron chi connectivity index (χ2n) is 5.11. The Hall–Kier alpha value is -2.98. The number of azide groups is 2. The molecule has 0 saturated heterocycles. The van der Waals surface area contributed by atoms with E-state index in [1.807, 2.05) is 24.3 Å². The highest BCUT2D eigenvalue weighted by Gasteiger charge is 1.99. The van der Waals surface area contributed by atoms with Gasteiger partial charge in [-0.25, -0.2) is 0 Å². The maximum Gasteiger partial charge on any atom is 0.101 e. The molecule has 2 aromatic carbocycles. The third-order valence-electron chi connectivity index (χ3n) is 3.44. The Balaban J connectivity index is 1.80. The zero-order valence-corrected chi connectivity index (χ0v) is 12.7. The van der Waals surface area contributed by atoms with Crippen LogP contribution in [-0.2, 0) is 26.2 Å². The molecule has 7 nitrogen and oxygen atoms in total. The van der Waals surface area contributed by atoms with Crippen molar-refractivity contribution in [3.8, 4) is 0 Å². The van der Waals surface area contributed by atoms with E-state index in [-0.39, 0.29) is 0 Å². The molecule has 0 aromatic heterocycles. The maximum absolute atomic E-state index is 8.30. The van der Waals surface area contributed by atoms with E-state index in [0.717, 1.165) is 24.2 Å². The van der Waals surface area contributed by atoms with E-state index >= 15 is 0 Å². The van der Waals surface area contributed by atoms with Crippen molar-refractivity contribution in [2.24, 2.45) is 10.2 Å². The lowest BCUT2D eigenvalue weighted by atomic mass is 10.1. The van der Waals surface area contributed by atoms with Crippen molar-refractivity contribution < 1.29 is 5.32 Å². The highest BCUT2D eigenvalue weighted by molar-refractivity contribution is 5.23. The normalized spacial score (nSPS) is 9.74. The minimum absolute atomic E-state index is 0.392. The lowest BCUT2D eigenvalue weighted by molar-refractivity contribution is -0.686. The van der Waals surface area contributed by atoms with E-state index in [4.69, 9.17) is 11.1 Å². The zero-order valence-electron chi connectivity index (χ0n) is 12.7. The molecule has 0 heterocycles. The molecule has 2 N–H and O–H groups in total. The molecule has 0 aliphatic rings. The minimum atomic E-state index is 0.392. The summed E-state index contributed by atoms with van der Waals surface area (Å²) >= 11 is 0. The second-order valence-corrected chi connectivity index (χ2v) is 5.11. The topological polar surface area (TPSA) is 114 Å². The maximum atomic E-state index is 8.30. The molecule has 2 rings (SSSR count). The van der Waals surface area contributed by atoms with Crippen LogP contribution in [-0.4, -0.2) is 0 Å². The summed E-state index contributed by atoms with van der Waals surface area (Å²) in [5.74, 6) is 0. The van der Waals surface area contributed by atoms with Crippen LogP contribution in [0.25, 0.3) is 20.9 Å². The summed E-state index contributed by atoms with van der Waals surface area (Å²) in [7, 11) is 0. The number of hydrogen-bond donors (Lipinski definition) is 1. The molecule has 0 bridgehead atoms. The average Bonchev–Trinajstić information content (AvgIpc) is 2.60. The molecule has 0 spiro atoms. The number of nitrogens with zero attached hydrogens (tertiary/aromatic N) is 6. The van der Waals surface area contributed by atoms with Crippen molar-refractivity contribution in [1.29, 1.82) is 0 Å². The van der Waals surface area contributed by atoms with Crippen LogP contribution in [0.2, 0.25) is 0 Å². The van der Waals surface area contributed by atoms with Gasteiger partial charge in [-0.1, -0.05) is 58.8 Å². The largest absolute Gasteiger partial charge is 0.339 e. The van der Waals surface area contributed by atoms with Gasteiger partial charge in [-0.05, 0) is 22.2 Å². The van der Waals surface area contributed by atoms with Crippen LogP contribution in [0.15, 0.2) is 58.8 Å². The molecular formula is C16H18N7+. The first kappa shape index (κ1) is 16.4. The number of benzene rings is 2. The van der Waals surface area contributed by atoms with Crippen LogP contribution >= 0.6 is 0 Å². The number of quaternary nitrogens is 1. The number of rotatable bonds is 8. The Morgan fingerprint density at radius 2 is 1.00 bits per heavy atom. The predicted molar refractivity (Wildman–Crippen MR) is 87.9 cm³/mol. The third-order valence-corrected chi connectivity index (χ3v) is 3.44. The molecule has 116 valence electrons. The average molecular weight is 308 g/mol. The van der Waals surface area contributed by atoms with Crippen molar-refractivity contribution in [1.82, 2.24) is 0 Å². The molecule has 0 aliphatic carbocycles. The van der Waals surface area contributed by atoms with Crippen molar-refractivity contribution in [3.63, 3.8) is 0 Å². The Labute approximate surface area is 134 Å². The molecule has 0 atom stereocenters. The lowest BCUT2D eigenvalue weighted by Gasteiger charge is -2.04. The molecule has 0 aliphatic heterocycles. The SMILES string of the molecule is [N-]=[N+]=NCc1ccc(C[NH2+]Cc2ccc(CN=[N+]=[N-])cc2)cc1. The minimum Gasteiger partial charge on any atom is -0.339 e. The van der Waals surface area contributed by atoms with Crippen LogP contribution in [0.1, 0.15) is 22.3 Å². The highest BCUT2D eigenvalue weighted by Crippen LogP contribution is 2.06. The quantitative estimate of drug-likeness (QED) is 0.436. The van der Waals surface area contributed by atoms with Gasteiger partial charge in [0.1, 0.15) is 13.1 Å². The summed E-state index contributed by atoms with van der Waals surface area (Å²) in [6.45, 7) is 2.57. The lowest BCUT2D eigenvalue weighted by Crippen LogP contribution is -2.80. The molecule has 0 radical (unpaired) electrons. The second kappa shape index (κ2) is 9.12. The first-order valence-corrected chi connectivity index (χ1v) is 7.31. The van der Waals surface area contributed by atoms with Crippen LogP contribution in [0.4, 0.5) is 0 Å². The smallest absolute Gasteiger partial charge is 0.101 e. The Kier molecular flexibility index (Phi) is 6.50. The van der Waals surface area contributed by atoms with Gasteiger partial charge in [-0.15, -0.1) is 0 Å². The third kappa shape index (κ3) is 5.73. The Morgan fingerprint density at radius 3 is 1.35 bits per heavy atom. The predicted octanol–water partition coefficient (Wildman–Crippen LogP) is 3.57. The fourth-order valence-corrected chi connectivity index (χ4v) is 2.19. The van der Waals surface area contributed by atoms with E-state index in [0.29, 0.717) is 13.1 Å². The molecule has 0 fully saturated rings. The summed E-state index contributed by atoms with van der Waals surface area (Å²) in [6, 6.07) is 16.2. The standard InChI is InChI=1S/C16H17N7/c17-22-20-11-15-5-1-13(2-6-15)9-19-10-14-3-7-16(8-4-14)12-21-23-18/h1-8,19H,9-12H2/p+1. The van der Waals surface area contributed by atoms with E-state index in [1.54, 1.807) is 0 Å². The first-order valence-electron chi connectivity index (χ1n) is 7.31. The molecular weight excluding hydrogens is 290 g/mol. The van der Waals surface area contributed by atoms with Crippen molar-refractivity contribution in [2.45, 2.75) is 26.2 Å². The van der Waals surface area contributed by atoms with Crippen molar-refractivity contribution in [3.05, 3.63) is 91.7 Å². The molecule has 0 amide bonds. The monoisotopic (exact) mass is 308 g/mol. The van der Waals surface area contributed by atoms with Gasteiger partial charge in [-0.2, -0.15) is 0 Å². The van der Waals surface area contributed by atoms with E-state index in [2.05, 4.69) is 49.6 Å². The van der Waals surface area contributed by atoms with Gasteiger partial charge < -0.3 is 5.32 Å². The van der Waals surface area contributed by atoms with Gasteiger partial charge in [0.15, 0.2) is 0 Å². The van der Waals surface area contributed by atoms with Crippen LogP contribution in [0.3, 0.4) is 0 Å². The Bertz CT molecular complexity index is 646. The summed E-state index contributed by atoms with van der Waals surface area (Å²) in [4.78, 5) is 5.51. The fourth-order valence-electron chi connectivity index (χ4n) is 2.19. The summed E-state index contributed by atoms with van der Waals surface area (Å²) < 4.78 is 0. The summed E-state index contributed by atoms with van der Waals surface area (Å²) in [5, 5.41) is 9.32. The van der Waals surface area contributed by atoms with Crippen LogP contribution in [0.5, 0.6) is 0 Å². The molecule has 0 saturated carbocycles. The Morgan fingerprint density at radius 1 is 0.652 bits per heavy atom. The number of nitrogens with two attached hydrogens (primary N) is 1. The van der Waals surface area contributed by atoms with Gasteiger partial charge in [0.05, 0.1) is 13.1 Å². The van der Waals surface area contributed by atoms with Gasteiger partial charge >= 0.3 is 0 Å². The van der Waals surface area contributed by atoms with Gasteiger partial charge in [-0.3, -0.25) is 0 Å². The molecule has 23 heavy (non-hydrogen) atoms.